The van der Waals surface area contributed by atoms with Crippen LogP contribution >= 0.6 is 0 Å². The van der Waals surface area contributed by atoms with E-state index < -0.39 is 11.9 Å². The number of nitrogens with two attached hydrogens (primary N) is 1. The molecule has 1 saturated heterocycles. The molecule has 0 bridgehead atoms. The van der Waals surface area contributed by atoms with Crippen molar-refractivity contribution in [2.45, 2.75) is 19.0 Å². The SMILES string of the molecule is CN(C)CC1CCN(c2cc(C(F)(F)F)ncc2N)CC1. The summed E-state index contributed by atoms with van der Waals surface area (Å²) in [5, 5.41) is 0. The molecule has 0 aliphatic carbocycles. The Morgan fingerprint density at radius 3 is 2.48 bits per heavy atom. The van der Waals surface area contributed by atoms with Crippen LogP contribution in [0.3, 0.4) is 0 Å². The highest BCUT2D eigenvalue weighted by Gasteiger charge is 2.33. The average molecular weight is 302 g/mol. The van der Waals surface area contributed by atoms with E-state index in [2.05, 4.69) is 9.88 Å². The molecule has 0 unspecified atom stereocenters. The third kappa shape index (κ3) is 4.00. The van der Waals surface area contributed by atoms with E-state index in [1.165, 1.54) is 0 Å². The highest BCUT2D eigenvalue weighted by Crippen LogP contribution is 2.34. The molecule has 1 aliphatic heterocycles. The number of pyridine rings is 1. The van der Waals surface area contributed by atoms with Crippen LogP contribution in [0, 0.1) is 5.92 Å². The van der Waals surface area contributed by atoms with Crippen molar-refractivity contribution in [1.29, 1.82) is 0 Å². The lowest BCUT2D eigenvalue weighted by atomic mass is 9.96. The monoisotopic (exact) mass is 302 g/mol. The van der Waals surface area contributed by atoms with E-state index in [1.54, 1.807) is 0 Å². The van der Waals surface area contributed by atoms with Gasteiger partial charge in [0.15, 0.2) is 0 Å². The first-order chi connectivity index (χ1) is 9.77. The lowest BCUT2D eigenvalue weighted by Gasteiger charge is -2.35. The van der Waals surface area contributed by atoms with Crippen LogP contribution in [0.15, 0.2) is 12.3 Å². The number of aromatic nitrogens is 1. The molecule has 1 aliphatic rings. The van der Waals surface area contributed by atoms with Gasteiger partial charge in [0.25, 0.3) is 0 Å². The van der Waals surface area contributed by atoms with Gasteiger partial charge in [-0.05, 0) is 38.9 Å². The maximum absolute atomic E-state index is 12.7. The summed E-state index contributed by atoms with van der Waals surface area (Å²) < 4.78 is 38.2. The number of nitrogen functional groups attached to an aromatic ring is 1. The van der Waals surface area contributed by atoms with E-state index in [0.29, 0.717) is 17.3 Å². The molecule has 0 atom stereocenters. The maximum atomic E-state index is 12.7. The molecule has 2 heterocycles. The summed E-state index contributed by atoms with van der Waals surface area (Å²) in [6.45, 7) is 2.46. The zero-order valence-electron chi connectivity index (χ0n) is 12.3. The van der Waals surface area contributed by atoms with Gasteiger partial charge >= 0.3 is 6.18 Å². The van der Waals surface area contributed by atoms with Crippen LogP contribution in [-0.2, 0) is 6.18 Å². The number of nitrogens with zero attached hydrogens (tertiary/aromatic N) is 3. The number of halogens is 3. The maximum Gasteiger partial charge on any atom is 0.433 e. The number of anilines is 2. The third-order valence-corrected chi connectivity index (χ3v) is 3.78. The second-order valence-electron chi connectivity index (χ2n) is 5.82. The van der Waals surface area contributed by atoms with Crippen molar-refractivity contribution in [3.05, 3.63) is 18.0 Å². The van der Waals surface area contributed by atoms with E-state index in [1.807, 2.05) is 19.0 Å². The Kier molecular flexibility index (Phi) is 4.61. The molecule has 0 aromatic carbocycles. The third-order valence-electron chi connectivity index (χ3n) is 3.78. The smallest absolute Gasteiger partial charge is 0.396 e. The van der Waals surface area contributed by atoms with Crippen molar-refractivity contribution in [2.24, 2.45) is 5.92 Å². The van der Waals surface area contributed by atoms with E-state index >= 15 is 0 Å². The number of hydrogen-bond donors (Lipinski definition) is 1. The summed E-state index contributed by atoms with van der Waals surface area (Å²) in [4.78, 5) is 7.45. The first-order valence-corrected chi connectivity index (χ1v) is 6.99. The van der Waals surface area contributed by atoms with Gasteiger partial charge in [-0.25, -0.2) is 4.98 Å². The molecule has 2 rings (SSSR count). The fourth-order valence-corrected chi connectivity index (χ4v) is 2.76. The van der Waals surface area contributed by atoms with Crippen LogP contribution in [0.2, 0.25) is 0 Å². The van der Waals surface area contributed by atoms with E-state index in [0.717, 1.165) is 44.7 Å². The average Bonchev–Trinajstić information content (AvgIpc) is 2.38. The van der Waals surface area contributed by atoms with Crippen LogP contribution in [0.1, 0.15) is 18.5 Å². The molecule has 2 N–H and O–H groups in total. The molecule has 0 spiro atoms. The quantitative estimate of drug-likeness (QED) is 0.931. The van der Waals surface area contributed by atoms with Gasteiger partial charge in [-0.1, -0.05) is 0 Å². The fraction of sp³-hybridized carbons (Fsp3) is 0.643. The largest absolute Gasteiger partial charge is 0.433 e. The minimum absolute atomic E-state index is 0.300. The number of hydrogen-bond acceptors (Lipinski definition) is 4. The molecular formula is C14H21F3N4. The molecular weight excluding hydrogens is 281 g/mol. The summed E-state index contributed by atoms with van der Waals surface area (Å²) in [6, 6.07) is 1.06. The van der Waals surface area contributed by atoms with Gasteiger partial charge < -0.3 is 15.5 Å². The topological polar surface area (TPSA) is 45.4 Å². The Morgan fingerprint density at radius 1 is 1.33 bits per heavy atom. The van der Waals surface area contributed by atoms with Crippen LogP contribution in [0.4, 0.5) is 24.5 Å². The minimum atomic E-state index is -4.44. The lowest BCUT2D eigenvalue weighted by molar-refractivity contribution is -0.141. The van der Waals surface area contributed by atoms with Gasteiger partial charge in [0.2, 0.25) is 0 Å². The molecule has 118 valence electrons. The van der Waals surface area contributed by atoms with Gasteiger partial charge in [-0.15, -0.1) is 0 Å². The van der Waals surface area contributed by atoms with Crippen molar-refractivity contribution in [3.63, 3.8) is 0 Å². The first kappa shape index (κ1) is 15.9. The van der Waals surface area contributed by atoms with Crippen LogP contribution < -0.4 is 10.6 Å². The highest BCUT2D eigenvalue weighted by molar-refractivity contribution is 5.67. The van der Waals surface area contributed by atoms with Crippen molar-refractivity contribution in [2.75, 3.05) is 44.4 Å². The number of alkyl halides is 3. The molecule has 0 amide bonds. The second-order valence-corrected chi connectivity index (χ2v) is 5.82. The lowest BCUT2D eigenvalue weighted by Crippen LogP contribution is -2.37. The zero-order valence-corrected chi connectivity index (χ0v) is 12.3. The van der Waals surface area contributed by atoms with Gasteiger partial charge in [-0.2, -0.15) is 13.2 Å². The fourth-order valence-electron chi connectivity index (χ4n) is 2.76. The number of piperidine rings is 1. The predicted molar refractivity (Wildman–Crippen MR) is 77.1 cm³/mol. The molecule has 0 saturated carbocycles. The van der Waals surface area contributed by atoms with Crippen LogP contribution in [0.5, 0.6) is 0 Å². The summed E-state index contributed by atoms with van der Waals surface area (Å²) in [5.41, 5.74) is 5.66. The summed E-state index contributed by atoms with van der Waals surface area (Å²) in [6.07, 6.45) is -1.42. The first-order valence-electron chi connectivity index (χ1n) is 6.99. The standard InChI is InChI=1S/C14H21F3N4/c1-20(2)9-10-3-5-21(6-4-10)12-7-13(14(15,16)17)19-8-11(12)18/h7-8,10H,3-6,9,18H2,1-2H3. The van der Waals surface area contributed by atoms with E-state index in [-0.39, 0.29) is 0 Å². The molecule has 21 heavy (non-hydrogen) atoms. The van der Waals surface area contributed by atoms with Crippen molar-refractivity contribution < 1.29 is 13.2 Å². The Bertz CT molecular complexity index is 480. The van der Waals surface area contributed by atoms with Crippen molar-refractivity contribution in [3.8, 4) is 0 Å². The second kappa shape index (κ2) is 6.09. The summed E-state index contributed by atoms with van der Waals surface area (Å²) in [7, 11) is 4.06. The van der Waals surface area contributed by atoms with Crippen LogP contribution in [0.25, 0.3) is 0 Å². The Balaban J connectivity index is 2.09. The van der Waals surface area contributed by atoms with E-state index in [4.69, 9.17) is 5.73 Å². The zero-order chi connectivity index (χ0) is 15.6. The Labute approximate surface area is 122 Å². The number of rotatable bonds is 3. The molecule has 4 nitrogen and oxygen atoms in total. The predicted octanol–water partition coefficient (Wildman–Crippen LogP) is 2.46. The molecule has 1 fully saturated rings. The Hall–Kier alpha value is -1.50. The van der Waals surface area contributed by atoms with Gasteiger partial charge in [0.05, 0.1) is 17.6 Å². The summed E-state index contributed by atoms with van der Waals surface area (Å²) >= 11 is 0. The van der Waals surface area contributed by atoms with E-state index in [9.17, 15) is 13.2 Å². The van der Waals surface area contributed by atoms with Gasteiger partial charge in [0, 0.05) is 19.6 Å². The Morgan fingerprint density at radius 2 is 1.95 bits per heavy atom. The normalized spacial score (nSPS) is 17.5. The molecule has 1 aromatic rings. The highest BCUT2D eigenvalue weighted by atomic mass is 19.4. The van der Waals surface area contributed by atoms with Crippen LogP contribution in [-0.4, -0.2) is 43.6 Å². The summed E-state index contributed by atoms with van der Waals surface area (Å²) in [5.74, 6) is 0.585. The van der Waals surface area contributed by atoms with Gasteiger partial charge in [0.1, 0.15) is 5.69 Å². The minimum Gasteiger partial charge on any atom is -0.396 e. The molecule has 7 heteroatoms. The van der Waals surface area contributed by atoms with Crippen molar-refractivity contribution >= 4 is 11.4 Å². The molecule has 0 radical (unpaired) electrons. The van der Waals surface area contributed by atoms with Crippen molar-refractivity contribution in [1.82, 2.24) is 9.88 Å². The molecule has 1 aromatic heterocycles. The van der Waals surface area contributed by atoms with Gasteiger partial charge in [-0.3, -0.25) is 0 Å².